The van der Waals surface area contributed by atoms with E-state index >= 15 is 0 Å². The van der Waals surface area contributed by atoms with Crippen LogP contribution in [-0.2, 0) is 12.0 Å². The van der Waals surface area contributed by atoms with Crippen LogP contribution in [0, 0.1) is 6.57 Å². The van der Waals surface area contributed by atoms with Gasteiger partial charge in [-0.3, -0.25) is 0 Å². The zero-order chi connectivity index (χ0) is 14.4. The lowest BCUT2D eigenvalue weighted by Crippen LogP contribution is -2.19. The minimum atomic E-state index is -0.333. The zero-order valence-electron chi connectivity index (χ0n) is 11.6. The maximum absolute atomic E-state index is 7.61. The summed E-state index contributed by atoms with van der Waals surface area (Å²) in [6, 6.07) is 12.1. The molecule has 1 unspecified atom stereocenters. The van der Waals surface area contributed by atoms with Crippen LogP contribution in [0.5, 0.6) is 0 Å². The predicted molar refractivity (Wildman–Crippen MR) is 87.3 cm³/mol. The number of benzene rings is 1. The molecule has 1 aromatic carbocycles. The predicted octanol–water partition coefficient (Wildman–Crippen LogP) is 5.95. The summed E-state index contributed by atoms with van der Waals surface area (Å²) >= 11 is 7.59. The number of halogens is 1. The lowest BCUT2D eigenvalue weighted by atomic mass is 9.88. The first kappa shape index (κ1) is 15.1. The molecule has 0 N–H and O–H groups in total. The summed E-state index contributed by atoms with van der Waals surface area (Å²) in [5.74, 6) is 0. The van der Waals surface area contributed by atoms with Crippen LogP contribution in [0.25, 0.3) is 4.85 Å². The Kier molecular flexibility index (Phi) is 5.23. The molecular formula is C17H18ClNS. The second-order valence-corrected chi connectivity index (χ2v) is 6.34. The van der Waals surface area contributed by atoms with Crippen LogP contribution >= 0.6 is 22.9 Å². The first-order valence-electron chi connectivity index (χ1n) is 6.87. The maximum atomic E-state index is 7.61. The minimum absolute atomic E-state index is 0.333. The van der Waals surface area contributed by atoms with Crippen LogP contribution in [0.15, 0.2) is 41.8 Å². The molecule has 0 fully saturated rings. The van der Waals surface area contributed by atoms with E-state index in [0.29, 0.717) is 0 Å². The van der Waals surface area contributed by atoms with Gasteiger partial charge in [0, 0.05) is 17.9 Å². The van der Waals surface area contributed by atoms with Gasteiger partial charge < -0.3 is 4.85 Å². The SMILES string of the molecule is [C-]#[N+]C(CC)(CCCc1ccc(Cl)cc1)c1cccs1. The molecule has 104 valence electrons. The molecule has 0 saturated heterocycles. The Bertz CT molecular complexity index is 568. The van der Waals surface area contributed by atoms with Gasteiger partial charge in [0.25, 0.3) is 5.54 Å². The fourth-order valence-corrected chi connectivity index (χ4v) is 3.54. The van der Waals surface area contributed by atoms with Gasteiger partial charge in [0.05, 0.1) is 4.88 Å². The Morgan fingerprint density at radius 2 is 2.00 bits per heavy atom. The molecule has 1 heterocycles. The molecule has 0 bridgehead atoms. The molecule has 0 radical (unpaired) electrons. The first-order chi connectivity index (χ1) is 9.70. The summed E-state index contributed by atoms with van der Waals surface area (Å²) in [6.45, 7) is 9.72. The number of aryl methyl sites for hydroxylation is 1. The Morgan fingerprint density at radius 3 is 2.55 bits per heavy atom. The van der Waals surface area contributed by atoms with Crippen molar-refractivity contribution in [2.24, 2.45) is 0 Å². The summed E-state index contributed by atoms with van der Waals surface area (Å²) in [5, 5.41) is 2.83. The van der Waals surface area contributed by atoms with Crippen molar-refractivity contribution in [2.75, 3.05) is 0 Å². The number of thiophene rings is 1. The molecule has 1 nitrogen and oxygen atoms in total. The van der Waals surface area contributed by atoms with E-state index in [9.17, 15) is 0 Å². The molecule has 2 aromatic rings. The van der Waals surface area contributed by atoms with E-state index < -0.39 is 0 Å². The van der Waals surface area contributed by atoms with Gasteiger partial charge in [-0.1, -0.05) is 36.7 Å². The van der Waals surface area contributed by atoms with Gasteiger partial charge in [-0.25, -0.2) is 6.57 Å². The van der Waals surface area contributed by atoms with Crippen molar-refractivity contribution in [3.05, 3.63) is 68.7 Å². The van der Waals surface area contributed by atoms with Crippen molar-refractivity contribution in [1.29, 1.82) is 0 Å². The number of hydrogen-bond acceptors (Lipinski definition) is 1. The average molecular weight is 304 g/mol. The normalized spacial score (nSPS) is 13.7. The molecule has 3 heteroatoms. The molecule has 2 rings (SSSR count). The van der Waals surface area contributed by atoms with Crippen molar-refractivity contribution in [3.63, 3.8) is 0 Å². The van der Waals surface area contributed by atoms with Crippen molar-refractivity contribution in [3.8, 4) is 0 Å². The summed E-state index contributed by atoms with van der Waals surface area (Å²) in [4.78, 5) is 5.17. The third kappa shape index (κ3) is 3.42. The van der Waals surface area contributed by atoms with E-state index in [1.807, 2.05) is 18.2 Å². The van der Waals surface area contributed by atoms with Gasteiger partial charge in [0.2, 0.25) is 0 Å². The number of hydrogen-bond donors (Lipinski definition) is 0. The minimum Gasteiger partial charge on any atom is -0.304 e. The summed E-state index contributed by atoms with van der Waals surface area (Å²) in [5.41, 5.74) is 0.955. The van der Waals surface area contributed by atoms with Crippen LogP contribution in [0.2, 0.25) is 5.02 Å². The standard InChI is InChI=1S/C17H18ClNS/c1-3-17(19-2,16-7-5-13-20-16)12-4-6-14-8-10-15(18)11-9-14/h5,7-11,13H,3-4,6,12H2,1H3. The Hall–Kier alpha value is -1.30. The van der Waals surface area contributed by atoms with Crippen LogP contribution < -0.4 is 0 Å². The van der Waals surface area contributed by atoms with E-state index in [1.54, 1.807) is 11.3 Å². The van der Waals surface area contributed by atoms with Crippen LogP contribution in [0.1, 0.15) is 36.6 Å². The Morgan fingerprint density at radius 1 is 1.25 bits per heavy atom. The van der Waals surface area contributed by atoms with Crippen molar-refractivity contribution < 1.29 is 0 Å². The van der Waals surface area contributed by atoms with Crippen molar-refractivity contribution in [1.82, 2.24) is 0 Å². The molecule has 0 spiro atoms. The highest BCUT2D eigenvalue weighted by molar-refractivity contribution is 7.10. The van der Waals surface area contributed by atoms with Crippen LogP contribution in [0.3, 0.4) is 0 Å². The quantitative estimate of drug-likeness (QED) is 0.581. The van der Waals surface area contributed by atoms with E-state index in [2.05, 4.69) is 35.3 Å². The molecule has 1 aromatic heterocycles. The molecule has 1 atom stereocenters. The van der Waals surface area contributed by atoms with E-state index in [4.69, 9.17) is 18.2 Å². The van der Waals surface area contributed by atoms with E-state index in [1.165, 1.54) is 10.4 Å². The summed E-state index contributed by atoms with van der Waals surface area (Å²) < 4.78 is 0. The van der Waals surface area contributed by atoms with Crippen molar-refractivity contribution in [2.45, 2.75) is 38.1 Å². The fraction of sp³-hybridized carbons (Fsp3) is 0.353. The molecule has 20 heavy (non-hydrogen) atoms. The maximum Gasteiger partial charge on any atom is 0.266 e. The Labute approximate surface area is 130 Å². The lowest BCUT2D eigenvalue weighted by Gasteiger charge is -2.19. The molecule has 0 aliphatic carbocycles. The average Bonchev–Trinajstić information content (AvgIpc) is 3.01. The molecular weight excluding hydrogens is 286 g/mol. The molecule has 0 aliphatic heterocycles. The molecule has 0 saturated carbocycles. The van der Waals surface area contributed by atoms with Gasteiger partial charge in [0.1, 0.15) is 0 Å². The van der Waals surface area contributed by atoms with Gasteiger partial charge in [-0.2, -0.15) is 0 Å². The molecule has 0 amide bonds. The molecule has 0 aliphatic rings. The van der Waals surface area contributed by atoms with Gasteiger partial charge >= 0.3 is 0 Å². The van der Waals surface area contributed by atoms with E-state index in [-0.39, 0.29) is 5.54 Å². The highest BCUT2D eigenvalue weighted by atomic mass is 35.5. The highest BCUT2D eigenvalue weighted by Crippen LogP contribution is 2.37. The van der Waals surface area contributed by atoms with Crippen molar-refractivity contribution >= 4 is 22.9 Å². The summed E-state index contributed by atoms with van der Waals surface area (Å²) in [6.07, 6.45) is 3.81. The third-order valence-corrected chi connectivity index (χ3v) is 5.06. The lowest BCUT2D eigenvalue weighted by molar-refractivity contribution is 0.460. The number of rotatable bonds is 6. The zero-order valence-corrected chi connectivity index (χ0v) is 13.2. The van der Waals surface area contributed by atoms with Gasteiger partial charge in [0.15, 0.2) is 0 Å². The van der Waals surface area contributed by atoms with Crippen LogP contribution in [-0.4, -0.2) is 0 Å². The highest BCUT2D eigenvalue weighted by Gasteiger charge is 2.37. The smallest absolute Gasteiger partial charge is 0.266 e. The topological polar surface area (TPSA) is 4.36 Å². The summed E-state index contributed by atoms with van der Waals surface area (Å²) in [7, 11) is 0. The number of nitrogens with zero attached hydrogens (tertiary/aromatic N) is 1. The third-order valence-electron chi connectivity index (χ3n) is 3.75. The Balaban J connectivity index is 2.00. The first-order valence-corrected chi connectivity index (χ1v) is 8.13. The van der Waals surface area contributed by atoms with Gasteiger partial charge in [-0.05, 0) is 42.0 Å². The van der Waals surface area contributed by atoms with E-state index in [0.717, 1.165) is 30.7 Å². The van der Waals surface area contributed by atoms with Gasteiger partial charge in [-0.15, -0.1) is 11.3 Å². The van der Waals surface area contributed by atoms with Crippen LogP contribution in [0.4, 0.5) is 0 Å². The second kappa shape index (κ2) is 6.92. The largest absolute Gasteiger partial charge is 0.304 e. The monoisotopic (exact) mass is 303 g/mol. The fourth-order valence-electron chi connectivity index (χ4n) is 2.44. The second-order valence-electron chi connectivity index (χ2n) is 4.95.